The van der Waals surface area contributed by atoms with Crippen LogP contribution in [0.3, 0.4) is 0 Å². The molecule has 3 aromatic rings. The van der Waals surface area contributed by atoms with Crippen molar-refractivity contribution in [2.75, 3.05) is 14.2 Å². The quantitative estimate of drug-likeness (QED) is 0.530. The molecule has 0 amide bonds. The lowest BCUT2D eigenvalue weighted by atomic mass is 9.96. The fourth-order valence-corrected chi connectivity index (χ4v) is 3.36. The number of pyridine rings is 2. The van der Waals surface area contributed by atoms with Gasteiger partial charge < -0.3 is 14.0 Å². The minimum atomic E-state index is -0.553. The van der Waals surface area contributed by atoms with Gasteiger partial charge in [0.25, 0.3) is 11.2 Å². The van der Waals surface area contributed by atoms with Gasteiger partial charge in [0.1, 0.15) is 6.20 Å². The molecule has 0 N–H and O–H groups in total. The van der Waals surface area contributed by atoms with Crippen molar-refractivity contribution in [2.45, 2.75) is 13.0 Å². The molecule has 132 valence electrons. The van der Waals surface area contributed by atoms with E-state index in [0.717, 1.165) is 17.3 Å². The number of ether oxygens (including phenoxy) is 2. The van der Waals surface area contributed by atoms with Crippen molar-refractivity contribution < 1.29 is 14.4 Å². The molecule has 0 spiro atoms. The second kappa shape index (κ2) is 5.83. The van der Waals surface area contributed by atoms with Gasteiger partial charge in [0.05, 0.1) is 35.7 Å². The highest BCUT2D eigenvalue weighted by molar-refractivity contribution is 5.85. The molecule has 0 aliphatic carbocycles. The van der Waals surface area contributed by atoms with Gasteiger partial charge in [-0.3, -0.25) is 14.9 Å². The summed E-state index contributed by atoms with van der Waals surface area (Å²) in [5.41, 5.74) is 2.57. The molecular formula is C18H15N3O5. The van der Waals surface area contributed by atoms with Crippen molar-refractivity contribution in [3.63, 3.8) is 0 Å². The summed E-state index contributed by atoms with van der Waals surface area (Å²) in [5.74, 6) is 1.21. The molecule has 8 nitrogen and oxygen atoms in total. The molecule has 0 atom stereocenters. The fraction of sp³-hybridized carbons (Fsp3) is 0.222. The summed E-state index contributed by atoms with van der Waals surface area (Å²) in [6, 6.07) is 6.82. The van der Waals surface area contributed by atoms with E-state index in [1.54, 1.807) is 24.9 Å². The minimum Gasteiger partial charge on any atom is -0.493 e. The standard InChI is InChI=1S/C18H15N3O5/c1-25-16-5-10-3-4-20-15(12(10)7-17(16)26-2)8-14-13(18(20)22)6-11(9-19-14)21(23)24/h5-9H,3-4H2,1-2H3. The number of rotatable bonds is 3. The molecule has 0 saturated carbocycles. The van der Waals surface area contributed by atoms with Crippen LogP contribution in [-0.2, 0) is 13.0 Å². The normalized spacial score (nSPS) is 12.4. The summed E-state index contributed by atoms with van der Waals surface area (Å²) >= 11 is 0. The van der Waals surface area contributed by atoms with Gasteiger partial charge in [-0.05, 0) is 30.2 Å². The van der Waals surface area contributed by atoms with E-state index < -0.39 is 4.92 Å². The van der Waals surface area contributed by atoms with Gasteiger partial charge in [-0.25, -0.2) is 4.98 Å². The lowest BCUT2D eigenvalue weighted by Crippen LogP contribution is -2.26. The Morgan fingerprint density at radius 2 is 1.88 bits per heavy atom. The van der Waals surface area contributed by atoms with E-state index in [0.29, 0.717) is 35.7 Å². The molecule has 0 saturated heterocycles. The van der Waals surface area contributed by atoms with Crippen LogP contribution < -0.4 is 15.0 Å². The summed E-state index contributed by atoms with van der Waals surface area (Å²) in [6.07, 6.45) is 1.81. The smallest absolute Gasteiger partial charge is 0.288 e. The summed E-state index contributed by atoms with van der Waals surface area (Å²) in [4.78, 5) is 27.4. The Balaban J connectivity index is 2.00. The molecule has 0 bridgehead atoms. The molecule has 1 aromatic carbocycles. The van der Waals surface area contributed by atoms with Gasteiger partial charge in [-0.2, -0.15) is 0 Å². The van der Waals surface area contributed by atoms with E-state index in [4.69, 9.17) is 9.47 Å². The third-order valence-electron chi connectivity index (χ3n) is 4.64. The largest absolute Gasteiger partial charge is 0.493 e. The van der Waals surface area contributed by atoms with Gasteiger partial charge in [-0.1, -0.05) is 0 Å². The first-order chi connectivity index (χ1) is 12.5. The summed E-state index contributed by atoms with van der Waals surface area (Å²) < 4.78 is 12.4. The van der Waals surface area contributed by atoms with Crippen molar-refractivity contribution in [2.24, 2.45) is 0 Å². The number of hydrogen-bond acceptors (Lipinski definition) is 6. The van der Waals surface area contributed by atoms with E-state index in [1.165, 1.54) is 6.07 Å². The van der Waals surface area contributed by atoms with E-state index in [1.807, 2.05) is 12.1 Å². The third kappa shape index (κ3) is 2.30. The van der Waals surface area contributed by atoms with Crippen LogP contribution in [-0.4, -0.2) is 28.7 Å². The predicted octanol–water partition coefficient (Wildman–Crippen LogP) is 2.55. The fourth-order valence-electron chi connectivity index (χ4n) is 3.36. The van der Waals surface area contributed by atoms with Crippen LogP contribution in [0.4, 0.5) is 5.69 Å². The van der Waals surface area contributed by atoms with Crippen molar-refractivity contribution in [3.8, 4) is 22.8 Å². The zero-order chi connectivity index (χ0) is 18.4. The van der Waals surface area contributed by atoms with Crippen LogP contribution in [0.2, 0.25) is 0 Å². The molecule has 26 heavy (non-hydrogen) atoms. The molecule has 0 radical (unpaired) electrons. The number of benzene rings is 1. The maximum Gasteiger partial charge on any atom is 0.288 e. The molecule has 2 aromatic heterocycles. The maximum absolute atomic E-state index is 12.9. The lowest BCUT2D eigenvalue weighted by molar-refractivity contribution is -0.385. The predicted molar refractivity (Wildman–Crippen MR) is 94.9 cm³/mol. The molecule has 8 heteroatoms. The van der Waals surface area contributed by atoms with Gasteiger partial charge in [-0.15, -0.1) is 0 Å². The van der Waals surface area contributed by atoms with Crippen molar-refractivity contribution in [3.05, 3.63) is 56.5 Å². The Kier molecular flexibility index (Phi) is 3.61. The number of aryl methyl sites for hydroxylation is 1. The minimum absolute atomic E-state index is 0.197. The summed E-state index contributed by atoms with van der Waals surface area (Å²) in [7, 11) is 3.14. The average molecular weight is 353 g/mol. The number of nitrogens with zero attached hydrogens (tertiary/aromatic N) is 3. The Hall–Kier alpha value is -3.42. The highest BCUT2D eigenvalue weighted by Gasteiger charge is 2.22. The van der Waals surface area contributed by atoms with E-state index in [2.05, 4.69) is 4.98 Å². The first-order valence-electron chi connectivity index (χ1n) is 7.96. The number of fused-ring (bicyclic) bond motifs is 4. The molecule has 1 aliphatic rings. The van der Waals surface area contributed by atoms with E-state index in [9.17, 15) is 14.9 Å². The second-order valence-electron chi connectivity index (χ2n) is 5.98. The Morgan fingerprint density at radius 3 is 2.58 bits per heavy atom. The highest BCUT2D eigenvalue weighted by atomic mass is 16.6. The topological polar surface area (TPSA) is 96.5 Å². The van der Waals surface area contributed by atoms with Gasteiger partial charge in [0.2, 0.25) is 0 Å². The monoisotopic (exact) mass is 353 g/mol. The highest BCUT2D eigenvalue weighted by Crippen LogP contribution is 2.38. The Morgan fingerprint density at radius 1 is 1.15 bits per heavy atom. The van der Waals surface area contributed by atoms with Gasteiger partial charge in [0.15, 0.2) is 11.5 Å². The second-order valence-corrected chi connectivity index (χ2v) is 5.98. The van der Waals surface area contributed by atoms with Crippen LogP contribution >= 0.6 is 0 Å². The first kappa shape index (κ1) is 16.1. The zero-order valence-electron chi connectivity index (χ0n) is 14.2. The average Bonchev–Trinajstić information content (AvgIpc) is 2.66. The molecule has 3 heterocycles. The SMILES string of the molecule is COc1cc2c(cc1OC)-c1cc3ncc([N+](=O)[O-])cc3c(=O)n1CC2. The molecule has 1 aliphatic heterocycles. The zero-order valence-corrected chi connectivity index (χ0v) is 14.2. The molecule has 4 rings (SSSR count). The maximum atomic E-state index is 12.9. The van der Waals surface area contributed by atoms with Gasteiger partial charge >= 0.3 is 0 Å². The number of methoxy groups -OCH3 is 2. The number of aromatic nitrogens is 2. The van der Waals surface area contributed by atoms with Crippen LogP contribution in [0.15, 0.2) is 35.3 Å². The van der Waals surface area contributed by atoms with E-state index in [-0.39, 0.29) is 16.6 Å². The van der Waals surface area contributed by atoms with Crippen molar-refractivity contribution in [1.82, 2.24) is 9.55 Å². The molecule has 0 unspecified atom stereocenters. The first-order valence-corrected chi connectivity index (χ1v) is 7.96. The molecule has 0 fully saturated rings. The van der Waals surface area contributed by atoms with Crippen LogP contribution in [0.1, 0.15) is 5.56 Å². The lowest BCUT2D eigenvalue weighted by Gasteiger charge is -2.23. The summed E-state index contributed by atoms with van der Waals surface area (Å²) in [6.45, 7) is 0.481. The summed E-state index contributed by atoms with van der Waals surface area (Å²) in [5, 5.41) is 11.2. The third-order valence-corrected chi connectivity index (χ3v) is 4.64. The number of hydrogen-bond donors (Lipinski definition) is 0. The Bertz CT molecular complexity index is 1120. The number of nitro groups is 1. The van der Waals surface area contributed by atoms with Gasteiger partial charge in [0, 0.05) is 18.2 Å². The van der Waals surface area contributed by atoms with Crippen LogP contribution in [0.25, 0.3) is 22.2 Å². The van der Waals surface area contributed by atoms with Crippen molar-refractivity contribution >= 4 is 16.6 Å². The van der Waals surface area contributed by atoms with Crippen LogP contribution in [0, 0.1) is 10.1 Å². The van der Waals surface area contributed by atoms with Crippen molar-refractivity contribution in [1.29, 1.82) is 0 Å². The Labute approximate surface area is 147 Å². The molecular weight excluding hydrogens is 338 g/mol. The van der Waals surface area contributed by atoms with Crippen LogP contribution in [0.5, 0.6) is 11.5 Å². The van der Waals surface area contributed by atoms with E-state index >= 15 is 0 Å².